The zero-order chi connectivity index (χ0) is 17.1. The van der Waals surface area contributed by atoms with Crippen LogP contribution in [0.5, 0.6) is 0 Å². The van der Waals surface area contributed by atoms with Crippen molar-refractivity contribution in [2.24, 2.45) is 0 Å². The van der Waals surface area contributed by atoms with Crippen LogP contribution in [0.2, 0.25) is 0 Å². The fourth-order valence-corrected chi connectivity index (χ4v) is 3.21. The summed E-state index contributed by atoms with van der Waals surface area (Å²) in [5, 5.41) is 4.13. The zero-order valence-electron chi connectivity index (χ0n) is 14.4. The van der Waals surface area contributed by atoms with Gasteiger partial charge in [-0.3, -0.25) is 4.90 Å². The number of rotatable bonds is 4. The van der Waals surface area contributed by atoms with Crippen LogP contribution in [0.4, 0.5) is 5.69 Å². The number of aryl methyl sites for hydroxylation is 1. The van der Waals surface area contributed by atoms with E-state index in [4.69, 9.17) is 4.52 Å². The number of hydrogen-bond donors (Lipinski definition) is 0. The number of piperazine rings is 1. The summed E-state index contributed by atoms with van der Waals surface area (Å²) in [5.74, 6) is 1.35. The Morgan fingerprint density at radius 2 is 1.76 bits per heavy atom. The van der Waals surface area contributed by atoms with Crippen LogP contribution in [0.25, 0.3) is 11.4 Å². The van der Waals surface area contributed by atoms with E-state index in [-0.39, 0.29) is 0 Å². The lowest BCUT2D eigenvalue weighted by Gasteiger charge is -2.35. The van der Waals surface area contributed by atoms with E-state index in [1.807, 2.05) is 12.1 Å². The Bertz CT molecular complexity index is 822. The van der Waals surface area contributed by atoms with Crippen LogP contribution in [0.1, 0.15) is 11.5 Å². The number of hydrogen-bond acceptors (Lipinski definition) is 5. The summed E-state index contributed by atoms with van der Waals surface area (Å²) in [6.07, 6.45) is 0. The fourth-order valence-electron chi connectivity index (χ4n) is 3.21. The second-order valence-electron chi connectivity index (χ2n) is 6.48. The third kappa shape index (κ3) is 3.72. The number of para-hydroxylation sites is 1. The first-order chi connectivity index (χ1) is 12.3. The molecule has 25 heavy (non-hydrogen) atoms. The highest BCUT2D eigenvalue weighted by molar-refractivity contribution is 5.55. The number of nitrogens with zero attached hydrogens (tertiary/aromatic N) is 4. The van der Waals surface area contributed by atoms with Crippen LogP contribution in [0.3, 0.4) is 0 Å². The molecule has 3 aromatic rings. The van der Waals surface area contributed by atoms with Crippen molar-refractivity contribution in [2.45, 2.75) is 13.5 Å². The van der Waals surface area contributed by atoms with Crippen molar-refractivity contribution in [3.05, 3.63) is 66.1 Å². The van der Waals surface area contributed by atoms with Crippen LogP contribution >= 0.6 is 0 Å². The Kier molecular flexibility index (Phi) is 4.48. The lowest BCUT2D eigenvalue weighted by atomic mass is 10.1. The summed E-state index contributed by atoms with van der Waals surface area (Å²) in [6.45, 7) is 6.80. The van der Waals surface area contributed by atoms with E-state index in [9.17, 15) is 0 Å². The molecule has 2 heterocycles. The molecule has 128 valence electrons. The van der Waals surface area contributed by atoms with Crippen molar-refractivity contribution in [1.82, 2.24) is 15.0 Å². The van der Waals surface area contributed by atoms with Gasteiger partial charge < -0.3 is 9.42 Å². The predicted octanol–water partition coefficient (Wildman–Crippen LogP) is 3.37. The molecule has 1 saturated heterocycles. The monoisotopic (exact) mass is 334 g/mol. The van der Waals surface area contributed by atoms with Crippen LogP contribution in [0, 0.1) is 6.92 Å². The molecule has 5 heteroatoms. The van der Waals surface area contributed by atoms with Crippen molar-refractivity contribution >= 4 is 5.69 Å². The van der Waals surface area contributed by atoms with Gasteiger partial charge in [0.2, 0.25) is 11.7 Å². The highest BCUT2D eigenvalue weighted by Crippen LogP contribution is 2.19. The summed E-state index contributed by atoms with van der Waals surface area (Å²) < 4.78 is 5.46. The minimum absolute atomic E-state index is 0.668. The van der Waals surface area contributed by atoms with Crippen LogP contribution < -0.4 is 4.90 Å². The molecule has 0 bridgehead atoms. The number of benzene rings is 2. The van der Waals surface area contributed by atoms with Crippen LogP contribution in [0.15, 0.2) is 59.1 Å². The van der Waals surface area contributed by atoms with Crippen molar-refractivity contribution in [3.8, 4) is 11.4 Å². The minimum Gasteiger partial charge on any atom is -0.369 e. The maximum Gasteiger partial charge on any atom is 0.241 e. The molecule has 0 aliphatic carbocycles. The van der Waals surface area contributed by atoms with Gasteiger partial charge >= 0.3 is 0 Å². The average molecular weight is 334 g/mol. The molecule has 0 atom stereocenters. The molecule has 0 amide bonds. The molecule has 1 aliphatic rings. The van der Waals surface area contributed by atoms with Crippen molar-refractivity contribution in [3.63, 3.8) is 0 Å². The first-order valence-corrected chi connectivity index (χ1v) is 8.70. The molecule has 2 aromatic carbocycles. The lowest BCUT2D eigenvalue weighted by molar-refractivity contribution is 0.215. The van der Waals surface area contributed by atoms with E-state index < -0.39 is 0 Å². The Labute approximate surface area is 147 Å². The van der Waals surface area contributed by atoms with E-state index in [1.54, 1.807) is 0 Å². The van der Waals surface area contributed by atoms with Gasteiger partial charge in [0.15, 0.2) is 0 Å². The van der Waals surface area contributed by atoms with Gasteiger partial charge in [-0.2, -0.15) is 4.98 Å². The van der Waals surface area contributed by atoms with Crippen LogP contribution in [-0.2, 0) is 6.54 Å². The minimum atomic E-state index is 0.668. The summed E-state index contributed by atoms with van der Waals surface area (Å²) in [5.41, 5.74) is 3.49. The van der Waals surface area contributed by atoms with E-state index in [0.717, 1.165) is 31.7 Å². The molecule has 1 fully saturated rings. The Morgan fingerprint density at radius 1 is 0.960 bits per heavy atom. The SMILES string of the molecule is Cc1cccc(-c2noc(CN3CCN(c4ccccc4)CC3)n2)c1. The highest BCUT2D eigenvalue weighted by Gasteiger charge is 2.19. The van der Waals surface area contributed by atoms with Gasteiger partial charge in [0.05, 0.1) is 6.54 Å². The van der Waals surface area contributed by atoms with E-state index >= 15 is 0 Å². The molecule has 0 spiro atoms. The topological polar surface area (TPSA) is 45.4 Å². The molecule has 0 N–H and O–H groups in total. The Balaban J connectivity index is 1.36. The third-order valence-corrected chi connectivity index (χ3v) is 4.60. The second kappa shape index (κ2) is 7.07. The van der Waals surface area contributed by atoms with Crippen LogP contribution in [-0.4, -0.2) is 41.2 Å². The molecule has 1 aliphatic heterocycles. The quantitative estimate of drug-likeness (QED) is 0.732. The Morgan fingerprint density at radius 3 is 2.52 bits per heavy atom. The van der Waals surface area contributed by atoms with Crippen molar-refractivity contribution < 1.29 is 4.52 Å². The predicted molar refractivity (Wildman–Crippen MR) is 98.4 cm³/mol. The van der Waals surface area contributed by atoms with Gasteiger partial charge in [-0.25, -0.2) is 0 Å². The van der Waals surface area contributed by atoms with E-state index in [0.29, 0.717) is 18.3 Å². The molecule has 5 nitrogen and oxygen atoms in total. The lowest BCUT2D eigenvalue weighted by Crippen LogP contribution is -2.46. The standard InChI is InChI=1S/C20H22N4O/c1-16-6-5-7-17(14-16)20-21-19(25-22-20)15-23-10-12-24(13-11-23)18-8-3-2-4-9-18/h2-9,14H,10-13,15H2,1H3. The second-order valence-corrected chi connectivity index (χ2v) is 6.48. The molecule has 1 aromatic heterocycles. The van der Waals surface area contributed by atoms with Gasteiger partial charge in [-0.15, -0.1) is 0 Å². The highest BCUT2D eigenvalue weighted by atomic mass is 16.5. The summed E-state index contributed by atoms with van der Waals surface area (Å²) >= 11 is 0. The average Bonchev–Trinajstić information content (AvgIpc) is 3.12. The number of anilines is 1. The normalized spacial score (nSPS) is 15.5. The molecule has 0 unspecified atom stereocenters. The number of aromatic nitrogens is 2. The zero-order valence-corrected chi connectivity index (χ0v) is 14.4. The van der Waals surface area contributed by atoms with Crippen molar-refractivity contribution in [2.75, 3.05) is 31.1 Å². The molecule has 0 radical (unpaired) electrons. The van der Waals surface area contributed by atoms with Gasteiger partial charge in [-0.05, 0) is 25.1 Å². The third-order valence-electron chi connectivity index (χ3n) is 4.60. The molecular formula is C20H22N4O. The smallest absolute Gasteiger partial charge is 0.241 e. The molecule has 4 rings (SSSR count). The first kappa shape index (κ1) is 15.8. The van der Waals surface area contributed by atoms with Gasteiger partial charge in [0, 0.05) is 37.4 Å². The van der Waals surface area contributed by atoms with Crippen molar-refractivity contribution in [1.29, 1.82) is 0 Å². The maximum absolute atomic E-state index is 5.46. The summed E-state index contributed by atoms with van der Waals surface area (Å²) in [6, 6.07) is 18.7. The first-order valence-electron chi connectivity index (χ1n) is 8.70. The Hall–Kier alpha value is -2.66. The van der Waals surface area contributed by atoms with Gasteiger partial charge in [0.25, 0.3) is 0 Å². The fraction of sp³-hybridized carbons (Fsp3) is 0.300. The largest absolute Gasteiger partial charge is 0.369 e. The molecule has 0 saturated carbocycles. The van der Waals surface area contributed by atoms with Gasteiger partial charge in [-0.1, -0.05) is 47.1 Å². The van der Waals surface area contributed by atoms with Gasteiger partial charge in [0.1, 0.15) is 0 Å². The van der Waals surface area contributed by atoms with E-state index in [1.165, 1.54) is 11.3 Å². The van der Waals surface area contributed by atoms with E-state index in [2.05, 4.69) is 69.3 Å². The summed E-state index contributed by atoms with van der Waals surface area (Å²) in [4.78, 5) is 9.35. The summed E-state index contributed by atoms with van der Waals surface area (Å²) in [7, 11) is 0. The maximum atomic E-state index is 5.46. The molecular weight excluding hydrogens is 312 g/mol.